The molecule has 1 aliphatic rings. The molecule has 88 valence electrons. The van der Waals surface area contributed by atoms with Gasteiger partial charge in [0.15, 0.2) is 0 Å². The Morgan fingerprint density at radius 1 is 1.18 bits per heavy atom. The van der Waals surface area contributed by atoms with Gasteiger partial charge in [-0.25, -0.2) is 0 Å². The van der Waals surface area contributed by atoms with Crippen LogP contribution in [0.2, 0.25) is 0 Å². The smallest absolute Gasteiger partial charge is 0.136 e. The van der Waals surface area contributed by atoms with Crippen LogP contribution < -0.4 is 9.47 Å². The van der Waals surface area contributed by atoms with Crippen LogP contribution in [0, 0.1) is 11.3 Å². The number of hydrogen-bond donors (Lipinski definition) is 0. The Hall–Kier alpha value is -2.02. The number of ketones is 1. The summed E-state index contributed by atoms with van der Waals surface area (Å²) in [6.07, 6.45) is 0.555. The molecule has 0 N–H and O–H groups in total. The van der Waals surface area contributed by atoms with Gasteiger partial charge in [-0.1, -0.05) is 0 Å². The van der Waals surface area contributed by atoms with Gasteiger partial charge < -0.3 is 9.47 Å². The third-order valence-corrected chi connectivity index (χ3v) is 3.12. The van der Waals surface area contributed by atoms with E-state index in [9.17, 15) is 10.1 Å². The van der Waals surface area contributed by atoms with Crippen molar-refractivity contribution in [2.75, 3.05) is 14.2 Å². The molecule has 0 heterocycles. The van der Waals surface area contributed by atoms with E-state index in [0.717, 1.165) is 5.56 Å². The number of nitriles is 1. The molecule has 1 saturated carbocycles. The highest BCUT2D eigenvalue weighted by Gasteiger charge is 2.45. The van der Waals surface area contributed by atoms with Gasteiger partial charge in [-0.05, 0) is 17.7 Å². The Balaban J connectivity index is 2.44. The maximum atomic E-state index is 11.1. The summed E-state index contributed by atoms with van der Waals surface area (Å²) in [5.74, 6) is 1.38. The minimum Gasteiger partial charge on any atom is -0.497 e. The van der Waals surface area contributed by atoms with E-state index in [1.165, 1.54) is 0 Å². The second kappa shape index (κ2) is 4.10. The average Bonchev–Trinajstić information content (AvgIpc) is 2.33. The Morgan fingerprint density at radius 3 is 2.06 bits per heavy atom. The van der Waals surface area contributed by atoms with Crippen LogP contribution in [-0.4, -0.2) is 20.0 Å². The first-order valence-electron chi connectivity index (χ1n) is 5.30. The lowest BCUT2D eigenvalue weighted by Gasteiger charge is -2.34. The molecule has 0 aromatic heterocycles. The van der Waals surface area contributed by atoms with E-state index >= 15 is 0 Å². The van der Waals surface area contributed by atoms with Crippen molar-refractivity contribution in [2.24, 2.45) is 0 Å². The third-order valence-electron chi connectivity index (χ3n) is 3.12. The molecule has 0 radical (unpaired) electrons. The largest absolute Gasteiger partial charge is 0.497 e. The molecule has 0 spiro atoms. The molecule has 1 aromatic carbocycles. The van der Waals surface area contributed by atoms with E-state index in [1.54, 1.807) is 32.4 Å². The number of hydrogen-bond acceptors (Lipinski definition) is 4. The first-order valence-corrected chi connectivity index (χ1v) is 5.30. The van der Waals surface area contributed by atoms with E-state index < -0.39 is 5.41 Å². The zero-order valence-corrected chi connectivity index (χ0v) is 9.82. The summed E-state index contributed by atoms with van der Waals surface area (Å²) in [4.78, 5) is 11.1. The Kier molecular flexibility index (Phi) is 2.76. The highest BCUT2D eigenvalue weighted by molar-refractivity contribution is 5.90. The average molecular weight is 231 g/mol. The molecule has 17 heavy (non-hydrogen) atoms. The molecule has 4 heteroatoms. The molecular weight excluding hydrogens is 218 g/mol. The Morgan fingerprint density at radius 2 is 1.71 bits per heavy atom. The molecule has 0 amide bonds. The van der Waals surface area contributed by atoms with Gasteiger partial charge in [0.05, 0.1) is 25.7 Å². The summed E-state index contributed by atoms with van der Waals surface area (Å²) in [5, 5.41) is 9.25. The highest BCUT2D eigenvalue weighted by atomic mass is 16.5. The highest BCUT2D eigenvalue weighted by Crippen LogP contribution is 2.43. The topological polar surface area (TPSA) is 59.3 Å². The number of rotatable bonds is 3. The molecule has 0 aliphatic heterocycles. The zero-order valence-electron chi connectivity index (χ0n) is 9.82. The summed E-state index contributed by atoms with van der Waals surface area (Å²) in [7, 11) is 3.12. The molecule has 0 unspecified atom stereocenters. The number of carbonyl (C=O) groups excluding carboxylic acids is 1. The predicted octanol–water partition coefficient (Wildman–Crippen LogP) is 1.83. The molecule has 1 aromatic rings. The fraction of sp³-hybridized carbons (Fsp3) is 0.385. The van der Waals surface area contributed by atoms with Crippen molar-refractivity contribution in [3.8, 4) is 17.6 Å². The van der Waals surface area contributed by atoms with Crippen LogP contribution in [0.4, 0.5) is 0 Å². The van der Waals surface area contributed by atoms with Crippen LogP contribution in [0.15, 0.2) is 18.2 Å². The van der Waals surface area contributed by atoms with E-state index in [-0.39, 0.29) is 18.6 Å². The molecule has 4 nitrogen and oxygen atoms in total. The van der Waals surface area contributed by atoms with Gasteiger partial charge in [0.25, 0.3) is 0 Å². The number of carbonyl (C=O) groups is 1. The fourth-order valence-corrected chi connectivity index (χ4v) is 2.05. The predicted molar refractivity (Wildman–Crippen MR) is 61.1 cm³/mol. The molecule has 0 bridgehead atoms. The second-order valence-electron chi connectivity index (χ2n) is 4.19. The van der Waals surface area contributed by atoms with Crippen LogP contribution >= 0.6 is 0 Å². The monoisotopic (exact) mass is 231 g/mol. The summed E-state index contributed by atoms with van der Waals surface area (Å²) < 4.78 is 10.3. The number of methoxy groups -OCH3 is 2. The lowest BCUT2D eigenvalue weighted by atomic mass is 9.64. The van der Waals surface area contributed by atoms with E-state index in [1.807, 2.05) is 0 Å². The normalized spacial score (nSPS) is 16.9. The quantitative estimate of drug-likeness (QED) is 0.796. The minimum absolute atomic E-state index is 0.119. The number of benzene rings is 1. The Bertz CT molecular complexity index is 472. The summed E-state index contributed by atoms with van der Waals surface area (Å²) in [6, 6.07) is 7.56. The SMILES string of the molecule is COc1cc(OC)cc(C2(C#N)CC(=O)C2)c1. The number of nitrogens with zero attached hydrogens (tertiary/aromatic N) is 1. The van der Waals surface area contributed by atoms with Crippen molar-refractivity contribution in [3.63, 3.8) is 0 Å². The van der Waals surface area contributed by atoms with Crippen molar-refractivity contribution < 1.29 is 14.3 Å². The number of ether oxygens (including phenoxy) is 2. The van der Waals surface area contributed by atoms with Crippen LogP contribution in [0.1, 0.15) is 18.4 Å². The molecule has 0 atom stereocenters. The first-order chi connectivity index (χ1) is 8.13. The molecule has 0 saturated heterocycles. The molecule has 1 fully saturated rings. The van der Waals surface area contributed by atoms with E-state index in [0.29, 0.717) is 11.5 Å². The van der Waals surface area contributed by atoms with Crippen LogP contribution in [0.5, 0.6) is 11.5 Å². The summed E-state index contributed by atoms with van der Waals surface area (Å²) in [6.45, 7) is 0. The van der Waals surface area contributed by atoms with Crippen LogP contribution in [0.25, 0.3) is 0 Å². The molecule has 2 rings (SSSR count). The third kappa shape index (κ3) is 1.84. The fourth-order valence-electron chi connectivity index (χ4n) is 2.05. The van der Waals surface area contributed by atoms with Crippen molar-refractivity contribution in [1.82, 2.24) is 0 Å². The van der Waals surface area contributed by atoms with Gasteiger partial charge in [0.2, 0.25) is 0 Å². The van der Waals surface area contributed by atoms with Crippen molar-refractivity contribution in [2.45, 2.75) is 18.3 Å². The summed E-state index contributed by atoms with van der Waals surface area (Å²) >= 11 is 0. The zero-order chi connectivity index (χ0) is 12.5. The first kappa shape index (κ1) is 11.5. The van der Waals surface area contributed by atoms with Gasteiger partial charge in [0, 0.05) is 18.9 Å². The van der Waals surface area contributed by atoms with Gasteiger partial charge in [-0.2, -0.15) is 5.26 Å². The van der Waals surface area contributed by atoms with Crippen molar-refractivity contribution >= 4 is 5.78 Å². The van der Waals surface area contributed by atoms with Gasteiger partial charge in [-0.15, -0.1) is 0 Å². The van der Waals surface area contributed by atoms with Gasteiger partial charge >= 0.3 is 0 Å². The van der Waals surface area contributed by atoms with Crippen LogP contribution in [-0.2, 0) is 10.2 Å². The standard InChI is InChI=1S/C13H13NO3/c1-16-11-3-9(4-12(5-11)17-2)13(8-14)6-10(15)7-13/h3-5H,6-7H2,1-2H3. The molecule has 1 aliphatic carbocycles. The Labute approximate surface area is 99.8 Å². The second-order valence-corrected chi connectivity index (χ2v) is 4.19. The number of Topliss-reactive ketones (excluding diaryl/α,β-unsaturated/α-hetero) is 1. The maximum absolute atomic E-state index is 11.1. The summed E-state index contributed by atoms with van der Waals surface area (Å²) in [5.41, 5.74) is 0.0922. The lowest BCUT2D eigenvalue weighted by molar-refractivity contribution is -0.126. The van der Waals surface area contributed by atoms with E-state index in [4.69, 9.17) is 9.47 Å². The van der Waals surface area contributed by atoms with Crippen LogP contribution in [0.3, 0.4) is 0 Å². The van der Waals surface area contributed by atoms with Gasteiger partial charge in [0.1, 0.15) is 17.3 Å². The van der Waals surface area contributed by atoms with E-state index in [2.05, 4.69) is 6.07 Å². The van der Waals surface area contributed by atoms with Crippen molar-refractivity contribution in [3.05, 3.63) is 23.8 Å². The van der Waals surface area contributed by atoms with Crippen molar-refractivity contribution in [1.29, 1.82) is 5.26 Å². The molecular formula is C13H13NO3. The lowest BCUT2D eigenvalue weighted by Crippen LogP contribution is -2.40. The minimum atomic E-state index is -0.696. The maximum Gasteiger partial charge on any atom is 0.136 e. The van der Waals surface area contributed by atoms with Gasteiger partial charge in [-0.3, -0.25) is 4.79 Å².